The van der Waals surface area contributed by atoms with Gasteiger partial charge in [-0.1, -0.05) is 24.3 Å². The molecular formula is C15H25N3. The zero-order valence-electron chi connectivity index (χ0n) is 11.7. The van der Waals surface area contributed by atoms with Gasteiger partial charge in [0.15, 0.2) is 0 Å². The fourth-order valence-corrected chi connectivity index (χ4v) is 2.47. The zero-order chi connectivity index (χ0) is 12.8. The van der Waals surface area contributed by atoms with E-state index in [9.17, 15) is 0 Å². The Morgan fingerprint density at radius 2 is 2.00 bits per heavy atom. The highest BCUT2D eigenvalue weighted by Gasteiger charge is 2.11. The molecule has 1 N–H and O–H groups in total. The zero-order valence-corrected chi connectivity index (χ0v) is 11.7. The van der Waals surface area contributed by atoms with E-state index in [0.29, 0.717) is 0 Å². The summed E-state index contributed by atoms with van der Waals surface area (Å²) >= 11 is 0. The minimum atomic E-state index is 1.02. The highest BCUT2D eigenvalue weighted by Crippen LogP contribution is 2.13. The predicted molar refractivity (Wildman–Crippen MR) is 76.6 cm³/mol. The monoisotopic (exact) mass is 247 g/mol. The van der Waals surface area contributed by atoms with Crippen LogP contribution in [0.4, 0.5) is 0 Å². The minimum absolute atomic E-state index is 1.02. The molecule has 0 spiro atoms. The van der Waals surface area contributed by atoms with Crippen molar-refractivity contribution in [2.75, 3.05) is 40.3 Å². The smallest absolute Gasteiger partial charge is 0.0237 e. The average Bonchev–Trinajstić information content (AvgIpc) is 2.32. The third kappa shape index (κ3) is 4.09. The van der Waals surface area contributed by atoms with Gasteiger partial charge >= 0.3 is 0 Å². The van der Waals surface area contributed by atoms with Gasteiger partial charge in [-0.05, 0) is 44.7 Å². The first-order chi connectivity index (χ1) is 8.75. The van der Waals surface area contributed by atoms with Crippen LogP contribution in [0.25, 0.3) is 0 Å². The van der Waals surface area contributed by atoms with Crippen LogP contribution in [0.3, 0.4) is 0 Å². The van der Waals surface area contributed by atoms with E-state index >= 15 is 0 Å². The van der Waals surface area contributed by atoms with Crippen LogP contribution in [-0.2, 0) is 13.1 Å². The first-order valence-corrected chi connectivity index (χ1v) is 6.90. The fraction of sp³-hybridized carbons (Fsp3) is 0.600. The second kappa shape index (κ2) is 6.88. The van der Waals surface area contributed by atoms with Crippen LogP contribution >= 0.6 is 0 Å². The first kappa shape index (κ1) is 13.5. The molecule has 0 radical (unpaired) electrons. The SMILES string of the molecule is CN(C)CCCN1CCNCc2ccccc2C1. The summed E-state index contributed by atoms with van der Waals surface area (Å²) in [5.41, 5.74) is 2.93. The van der Waals surface area contributed by atoms with Gasteiger partial charge in [0.05, 0.1) is 0 Å². The van der Waals surface area contributed by atoms with E-state index in [2.05, 4.69) is 53.5 Å². The van der Waals surface area contributed by atoms with E-state index in [1.54, 1.807) is 0 Å². The summed E-state index contributed by atoms with van der Waals surface area (Å²) in [6.45, 7) is 6.73. The molecule has 3 nitrogen and oxygen atoms in total. The molecule has 1 aliphatic rings. The van der Waals surface area contributed by atoms with Crippen molar-refractivity contribution in [1.29, 1.82) is 0 Å². The van der Waals surface area contributed by atoms with Gasteiger partial charge in [-0.3, -0.25) is 4.90 Å². The van der Waals surface area contributed by atoms with Crippen molar-refractivity contribution >= 4 is 0 Å². The summed E-state index contributed by atoms with van der Waals surface area (Å²) in [6.07, 6.45) is 1.25. The summed E-state index contributed by atoms with van der Waals surface area (Å²) in [6, 6.07) is 8.80. The second-order valence-corrected chi connectivity index (χ2v) is 5.38. The van der Waals surface area contributed by atoms with Crippen molar-refractivity contribution in [3.05, 3.63) is 35.4 Å². The molecule has 1 aromatic carbocycles. The van der Waals surface area contributed by atoms with Crippen LogP contribution in [0.1, 0.15) is 17.5 Å². The van der Waals surface area contributed by atoms with Gasteiger partial charge in [-0.15, -0.1) is 0 Å². The molecule has 100 valence electrons. The Hall–Kier alpha value is -0.900. The summed E-state index contributed by atoms with van der Waals surface area (Å²) in [4.78, 5) is 4.82. The van der Waals surface area contributed by atoms with Gasteiger partial charge in [0.2, 0.25) is 0 Å². The van der Waals surface area contributed by atoms with Crippen LogP contribution in [0.5, 0.6) is 0 Å². The highest BCUT2D eigenvalue weighted by molar-refractivity contribution is 5.27. The largest absolute Gasteiger partial charge is 0.311 e. The lowest BCUT2D eigenvalue weighted by Crippen LogP contribution is -2.36. The van der Waals surface area contributed by atoms with Crippen molar-refractivity contribution in [3.63, 3.8) is 0 Å². The molecule has 3 heteroatoms. The molecule has 1 heterocycles. The van der Waals surface area contributed by atoms with E-state index < -0.39 is 0 Å². The van der Waals surface area contributed by atoms with Crippen molar-refractivity contribution in [3.8, 4) is 0 Å². The van der Waals surface area contributed by atoms with Crippen LogP contribution < -0.4 is 5.32 Å². The Kier molecular flexibility index (Phi) is 5.17. The topological polar surface area (TPSA) is 18.5 Å². The fourth-order valence-electron chi connectivity index (χ4n) is 2.47. The molecule has 1 aromatic rings. The molecule has 0 unspecified atom stereocenters. The standard InChI is InChI=1S/C15H25N3/c1-17(2)9-5-10-18-11-8-16-12-14-6-3-4-7-15(14)13-18/h3-4,6-7,16H,5,8-13H2,1-2H3. The lowest BCUT2D eigenvalue weighted by molar-refractivity contribution is 0.242. The quantitative estimate of drug-likeness (QED) is 0.871. The molecule has 0 saturated heterocycles. The molecule has 0 bridgehead atoms. The van der Waals surface area contributed by atoms with Crippen molar-refractivity contribution in [1.82, 2.24) is 15.1 Å². The summed E-state index contributed by atoms with van der Waals surface area (Å²) in [5.74, 6) is 0. The Morgan fingerprint density at radius 3 is 2.78 bits per heavy atom. The lowest BCUT2D eigenvalue weighted by atomic mass is 10.1. The third-order valence-corrected chi connectivity index (χ3v) is 3.51. The molecule has 2 rings (SSSR count). The summed E-state index contributed by atoms with van der Waals surface area (Å²) < 4.78 is 0. The third-order valence-electron chi connectivity index (χ3n) is 3.51. The normalized spacial score (nSPS) is 17.3. The minimum Gasteiger partial charge on any atom is -0.311 e. The molecule has 18 heavy (non-hydrogen) atoms. The Balaban J connectivity index is 1.93. The van der Waals surface area contributed by atoms with Gasteiger partial charge in [0.25, 0.3) is 0 Å². The summed E-state index contributed by atoms with van der Waals surface area (Å²) in [5, 5.41) is 3.52. The second-order valence-electron chi connectivity index (χ2n) is 5.38. The van der Waals surface area contributed by atoms with Crippen LogP contribution in [0.15, 0.2) is 24.3 Å². The number of benzene rings is 1. The van der Waals surface area contributed by atoms with E-state index in [1.807, 2.05) is 0 Å². The molecule has 0 aliphatic carbocycles. The maximum Gasteiger partial charge on any atom is 0.0237 e. The van der Waals surface area contributed by atoms with E-state index in [4.69, 9.17) is 0 Å². The van der Waals surface area contributed by atoms with E-state index in [1.165, 1.54) is 30.6 Å². The lowest BCUT2D eigenvalue weighted by Gasteiger charge is -2.27. The van der Waals surface area contributed by atoms with E-state index in [-0.39, 0.29) is 0 Å². The number of fused-ring (bicyclic) bond motifs is 1. The molecular weight excluding hydrogens is 222 g/mol. The Labute approximate surface area is 111 Å². The number of nitrogens with zero attached hydrogens (tertiary/aromatic N) is 2. The number of hydrogen-bond acceptors (Lipinski definition) is 3. The van der Waals surface area contributed by atoms with Gasteiger partial charge in [0.1, 0.15) is 0 Å². The Bertz CT molecular complexity index is 363. The maximum absolute atomic E-state index is 3.52. The van der Waals surface area contributed by atoms with Gasteiger partial charge in [-0.2, -0.15) is 0 Å². The Morgan fingerprint density at radius 1 is 1.22 bits per heavy atom. The molecule has 0 saturated carbocycles. The maximum atomic E-state index is 3.52. The summed E-state index contributed by atoms with van der Waals surface area (Å²) in [7, 11) is 4.29. The number of hydrogen-bond donors (Lipinski definition) is 1. The number of nitrogens with one attached hydrogen (secondary N) is 1. The van der Waals surface area contributed by atoms with Crippen molar-refractivity contribution < 1.29 is 0 Å². The number of rotatable bonds is 4. The van der Waals surface area contributed by atoms with Gasteiger partial charge in [0, 0.05) is 26.2 Å². The molecule has 0 aromatic heterocycles. The van der Waals surface area contributed by atoms with Crippen LogP contribution in [-0.4, -0.2) is 50.1 Å². The van der Waals surface area contributed by atoms with Crippen molar-refractivity contribution in [2.24, 2.45) is 0 Å². The van der Waals surface area contributed by atoms with Crippen LogP contribution in [0, 0.1) is 0 Å². The molecule has 0 amide bonds. The highest BCUT2D eigenvalue weighted by atomic mass is 15.1. The average molecular weight is 247 g/mol. The first-order valence-electron chi connectivity index (χ1n) is 6.90. The molecule has 0 atom stereocenters. The van der Waals surface area contributed by atoms with Gasteiger partial charge < -0.3 is 10.2 Å². The molecule has 1 aliphatic heterocycles. The van der Waals surface area contributed by atoms with E-state index in [0.717, 1.165) is 26.2 Å². The van der Waals surface area contributed by atoms with Crippen LogP contribution in [0.2, 0.25) is 0 Å². The van der Waals surface area contributed by atoms with Gasteiger partial charge in [-0.25, -0.2) is 0 Å². The van der Waals surface area contributed by atoms with Crippen molar-refractivity contribution in [2.45, 2.75) is 19.5 Å². The molecule has 0 fully saturated rings. The predicted octanol–water partition coefficient (Wildman–Crippen LogP) is 1.54.